The number of para-hydroxylation sites is 1. The van der Waals surface area contributed by atoms with Gasteiger partial charge in [0.1, 0.15) is 0 Å². The number of ether oxygens (including phenoxy) is 1. The first kappa shape index (κ1) is 16.0. The Morgan fingerprint density at radius 3 is 2.90 bits per heavy atom. The fourth-order valence-electron chi connectivity index (χ4n) is 2.51. The summed E-state index contributed by atoms with van der Waals surface area (Å²) >= 11 is 3.40. The van der Waals surface area contributed by atoms with Gasteiger partial charge < -0.3 is 10.1 Å². The highest BCUT2D eigenvalue weighted by molar-refractivity contribution is 9.10. The maximum atomic E-state index is 12.1. The number of carbonyl (C=O) groups excluding carboxylic acids is 2. The predicted octanol–water partition coefficient (Wildman–Crippen LogP) is 2.27. The van der Waals surface area contributed by atoms with Gasteiger partial charge in [0, 0.05) is 11.0 Å². The fourth-order valence-corrected chi connectivity index (χ4v) is 2.90. The summed E-state index contributed by atoms with van der Waals surface area (Å²) in [6.45, 7) is 1.70. The number of piperidine rings is 1. The molecule has 2 rings (SSSR count). The van der Waals surface area contributed by atoms with Gasteiger partial charge in [0.15, 0.2) is 0 Å². The van der Waals surface area contributed by atoms with E-state index in [9.17, 15) is 9.59 Å². The summed E-state index contributed by atoms with van der Waals surface area (Å²) in [6.07, 6.45) is 1.73. The lowest BCUT2D eigenvalue weighted by Gasteiger charge is -2.30. The Kier molecular flexibility index (Phi) is 5.76. The average Bonchev–Trinajstić information content (AvgIpc) is 2.49. The van der Waals surface area contributed by atoms with E-state index in [4.69, 9.17) is 4.74 Å². The molecule has 0 spiro atoms. The van der Waals surface area contributed by atoms with Gasteiger partial charge in [-0.3, -0.25) is 14.5 Å². The van der Waals surface area contributed by atoms with Crippen molar-refractivity contribution in [3.63, 3.8) is 0 Å². The van der Waals surface area contributed by atoms with E-state index in [0.29, 0.717) is 6.54 Å². The molecule has 1 aromatic rings. The van der Waals surface area contributed by atoms with Crippen LogP contribution in [0.15, 0.2) is 28.7 Å². The molecule has 0 bridgehead atoms. The minimum absolute atomic E-state index is 0.0765. The minimum atomic E-state index is -0.189. The van der Waals surface area contributed by atoms with Crippen LogP contribution in [0, 0.1) is 5.92 Å². The Morgan fingerprint density at radius 1 is 1.43 bits per heavy atom. The molecule has 1 heterocycles. The van der Waals surface area contributed by atoms with Gasteiger partial charge in [0.25, 0.3) is 0 Å². The standard InChI is InChI=1S/C15H19BrN2O3/c1-21-15(20)11-5-4-8-18(9-11)10-14(19)17-13-7-3-2-6-12(13)16/h2-3,6-7,11H,4-5,8-10H2,1H3,(H,17,19). The molecular formula is C15H19BrN2O3. The zero-order chi connectivity index (χ0) is 15.2. The van der Waals surface area contributed by atoms with E-state index >= 15 is 0 Å². The van der Waals surface area contributed by atoms with E-state index in [2.05, 4.69) is 21.2 Å². The van der Waals surface area contributed by atoms with E-state index < -0.39 is 0 Å². The number of anilines is 1. The van der Waals surface area contributed by atoms with Crippen molar-refractivity contribution in [1.82, 2.24) is 4.90 Å². The highest BCUT2D eigenvalue weighted by Gasteiger charge is 2.27. The lowest BCUT2D eigenvalue weighted by Crippen LogP contribution is -2.42. The zero-order valence-corrected chi connectivity index (χ0v) is 13.6. The first-order chi connectivity index (χ1) is 10.1. The molecule has 1 aliphatic heterocycles. The fraction of sp³-hybridized carbons (Fsp3) is 0.467. The Labute approximate surface area is 132 Å². The monoisotopic (exact) mass is 354 g/mol. The molecule has 0 aromatic heterocycles. The number of esters is 1. The number of benzene rings is 1. The van der Waals surface area contributed by atoms with Gasteiger partial charge in [0.05, 0.1) is 25.3 Å². The van der Waals surface area contributed by atoms with Crippen LogP contribution < -0.4 is 5.32 Å². The second kappa shape index (κ2) is 7.56. The molecule has 0 radical (unpaired) electrons. The lowest BCUT2D eigenvalue weighted by atomic mass is 9.98. The number of amides is 1. The molecule has 1 atom stereocenters. The molecule has 6 heteroatoms. The zero-order valence-electron chi connectivity index (χ0n) is 12.0. The van der Waals surface area contributed by atoms with Crippen LogP contribution in [0.5, 0.6) is 0 Å². The van der Waals surface area contributed by atoms with Gasteiger partial charge in [-0.15, -0.1) is 0 Å². The van der Waals surface area contributed by atoms with Crippen LogP contribution in [0.25, 0.3) is 0 Å². The molecule has 114 valence electrons. The topological polar surface area (TPSA) is 58.6 Å². The number of rotatable bonds is 4. The third-order valence-corrected chi connectivity index (χ3v) is 4.25. The van der Waals surface area contributed by atoms with Crippen molar-refractivity contribution in [3.8, 4) is 0 Å². The third kappa shape index (κ3) is 4.54. The highest BCUT2D eigenvalue weighted by Crippen LogP contribution is 2.21. The van der Waals surface area contributed by atoms with Gasteiger partial charge in [-0.1, -0.05) is 12.1 Å². The summed E-state index contributed by atoms with van der Waals surface area (Å²) in [6, 6.07) is 7.49. The van der Waals surface area contributed by atoms with Crippen LogP contribution in [-0.2, 0) is 14.3 Å². The molecule has 0 saturated carbocycles. The van der Waals surface area contributed by atoms with Crippen molar-refractivity contribution in [3.05, 3.63) is 28.7 Å². The Bertz CT molecular complexity index is 521. The van der Waals surface area contributed by atoms with Gasteiger partial charge in [0.2, 0.25) is 5.91 Å². The third-order valence-electron chi connectivity index (χ3n) is 3.56. The van der Waals surface area contributed by atoms with Gasteiger partial charge in [-0.05, 0) is 47.4 Å². The molecule has 1 aromatic carbocycles. The maximum absolute atomic E-state index is 12.1. The molecular weight excluding hydrogens is 336 g/mol. The average molecular weight is 355 g/mol. The lowest BCUT2D eigenvalue weighted by molar-refractivity contribution is -0.147. The van der Waals surface area contributed by atoms with Gasteiger partial charge in [-0.25, -0.2) is 0 Å². The van der Waals surface area contributed by atoms with Crippen LogP contribution in [0.3, 0.4) is 0 Å². The largest absolute Gasteiger partial charge is 0.469 e. The van der Waals surface area contributed by atoms with Gasteiger partial charge in [-0.2, -0.15) is 0 Å². The quantitative estimate of drug-likeness (QED) is 0.842. The SMILES string of the molecule is COC(=O)C1CCCN(CC(=O)Nc2ccccc2Br)C1. The normalized spacial score (nSPS) is 19.0. The van der Waals surface area contributed by atoms with Crippen LogP contribution in [0.1, 0.15) is 12.8 Å². The number of carbonyl (C=O) groups is 2. The summed E-state index contributed by atoms with van der Waals surface area (Å²) in [5, 5.41) is 2.87. The minimum Gasteiger partial charge on any atom is -0.469 e. The van der Waals surface area contributed by atoms with Gasteiger partial charge >= 0.3 is 5.97 Å². The van der Waals surface area contributed by atoms with Crippen molar-refractivity contribution in [1.29, 1.82) is 0 Å². The maximum Gasteiger partial charge on any atom is 0.309 e. The van der Waals surface area contributed by atoms with Crippen LogP contribution in [0.2, 0.25) is 0 Å². The molecule has 0 aliphatic carbocycles. The highest BCUT2D eigenvalue weighted by atomic mass is 79.9. The summed E-state index contributed by atoms with van der Waals surface area (Å²) < 4.78 is 5.63. The first-order valence-electron chi connectivity index (χ1n) is 6.94. The summed E-state index contributed by atoms with van der Waals surface area (Å²) in [5.41, 5.74) is 0.754. The number of methoxy groups -OCH3 is 1. The van der Waals surface area contributed by atoms with E-state index in [1.165, 1.54) is 7.11 Å². The smallest absolute Gasteiger partial charge is 0.309 e. The van der Waals surface area contributed by atoms with E-state index in [0.717, 1.165) is 29.5 Å². The summed E-state index contributed by atoms with van der Waals surface area (Å²) in [4.78, 5) is 25.7. The molecule has 1 N–H and O–H groups in total. The Morgan fingerprint density at radius 2 is 2.19 bits per heavy atom. The van der Waals surface area contributed by atoms with Crippen molar-refractivity contribution < 1.29 is 14.3 Å². The Balaban J connectivity index is 1.88. The first-order valence-corrected chi connectivity index (χ1v) is 7.74. The molecule has 1 amide bonds. The second-order valence-electron chi connectivity index (χ2n) is 5.13. The summed E-state index contributed by atoms with van der Waals surface area (Å²) in [5.74, 6) is -0.390. The number of hydrogen-bond acceptors (Lipinski definition) is 4. The second-order valence-corrected chi connectivity index (χ2v) is 5.98. The predicted molar refractivity (Wildman–Crippen MR) is 84.0 cm³/mol. The molecule has 1 saturated heterocycles. The number of likely N-dealkylation sites (tertiary alicyclic amines) is 1. The van der Waals surface area contributed by atoms with E-state index in [1.54, 1.807) is 0 Å². The number of nitrogens with zero attached hydrogens (tertiary/aromatic N) is 1. The summed E-state index contributed by atoms with van der Waals surface area (Å²) in [7, 11) is 1.40. The van der Waals surface area contributed by atoms with Crippen LogP contribution >= 0.6 is 15.9 Å². The molecule has 1 unspecified atom stereocenters. The van der Waals surface area contributed by atoms with Crippen molar-refractivity contribution in [2.45, 2.75) is 12.8 Å². The molecule has 1 fully saturated rings. The number of nitrogens with one attached hydrogen (secondary N) is 1. The van der Waals surface area contributed by atoms with Crippen LogP contribution in [0.4, 0.5) is 5.69 Å². The molecule has 5 nitrogen and oxygen atoms in total. The van der Waals surface area contributed by atoms with Crippen molar-refractivity contribution in [2.24, 2.45) is 5.92 Å². The van der Waals surface area contributed by atoms with E-state index in [-0.39, 0.29) is 24.3 Å². The molecule has 1 aliphatic rings. The molecule has 21 heavy (non-hydrogen) atoms. The van der Waals surface area contributed by atoms with Crippen molar-refractivity contribution in [2.75, 3.05) is 32.1 Å². The Hall–Kier alpha value is -1.40. The van der Waals surface area contributed by atoms with Crippen LogP contribution in [-0.4, -0.2) is 43.5 Å². The number of hydrogen-bond donors (Lipinski definition) is 1. The number of halogens is 1. The van der Waals surface area contributed by atoms with Crippen molar-refractivity contribution >= 4 is 33.5 Å². The van der Waals surface area contributed by atoms with E-state index in [1.807, 2.05) is 29.2 Å².